The smallest absolute Gasteiger partial charge is 0.0386 e. The SMILES string of the molecule is O=S1CCC(Nc2cccc(N3CCCC3)c2)CC1. The Hall–Kier alpha value is -1.03. The number of nitrogens with one attached hydrogen (secondary N) is 1. The lowest BCUT2D eigenvalue weighted by molar-refractivity contribution is 0.624. The van der Waals surface area contributed by atoms with E-state index in [0.717, 1.165) is 24.3 Å². The minimum atomic E-state index is -0.573. The van der Waals surface area contributed by atoms with Gasteiger partial charge < -0.3 is 10.2 Å². The molecule has 3 rings (SSSR count). The van der Waals surface area contributed by atoms with Crippen molar-refractivity contribution in [1.29, 1.82) is 0 Å². The zero-order chi connectivity index (χ0) is 13.1. The monoisotopic (exact) mass is 278 g/mol. The first-order chi connectivity index (χ1) is 9.31. The number of hydrogen-bond acceptors (Lipinski definition) is 3. The third-order valence-corrected chi connectivity index (χ3v) is 5.46. The van der Waals surface area contributed by atoms with Gasteiger partial charge in [-0.1, -0.05) is 6.07 Å². The van der Waals surface area contributed by atoms with Crippen molar-refractivity contribution in [3.63, 3.8) is 0 Å². The second kappa shape index (κ2) is 5.95. The number of rotatable bonds is 3. The van der Waals surface area contributed by atoms with Crippen molar-refractivity contribution >= 4 is 22.2 Å². The largest absolute Gasteiger partial charge is 0.382 e. The molecule has 104 valence electrons. The lowest BCUT2D eigenvalue weighted by atomic mass is 10.1. The van der Waals surface area contributed by atoms with E-state index in [1.54, 1.807) is 0 Å². The van der Waals surface area contributed by atoms with Crippen LogP contribution < -0.4 is 10.2 Å². The van der Waals surface area contributed by atoms with Crippen LogP contribution >= 0.6 is 0 Å². The molecule has 0 unspecified atom stereocenters. The molecule has 2 aliphatic heterocycles. The molecule has 0 amide bonds. The molecular formula is C15H22N2OS. The normalized spacial score (nSPS) is 27.5. The molecule has 4 heteroatoms. The zero-order valence-electron chi connectivity index (χ0n) is 11.3. The van der Waals surface area contributed by atoms with Crippen LogP contribution in [0.2, 0.25) is 0 Å². The van der Waals surface area contributed by atoms with E-state index in [9.17, 15) is 4.21 Å². The third-order valence-electron chi connectivity index (χ3n) is 4.08. The minimum absolute atomic E-state index is 0.492. The Labute approximate surface area is 117 Å². The molecule has 2 heterocycles. The molecule has 0 bridgehead atoms. The van der Waals surface area contributed by atoms with E-state index < -0.39 is 10.8 Å². The molecule has 2 saturated heterocycles. The maximum atomic E-state index is 11.4. The van der Waals surface area contributed by atoms with Crippen molar-refractivity contribution in [3.05, 3.63) is 24.3 Å². The number of anilines is 2. The van der Waals surface area contributed by atoms with Crippen molar-refractivity contribution in [3.8, 4) is 0 Å². The second-order valence-electron chi connectivity index (χ2n) is 5.51. The van der Waals surface area contributed by atoms with E-state index >= 15 is 0 Å². The third kappa shape index (κ3) is 3.30. The summed E-state index contributed by atoms with van der Waals surface area (Å²) in [6.07, 6.45) is 4.68. The molecule has 1 N–H and O–H groups in total. The van der Waals surface area contributed by atoms with Gasteiger partial charge in [-0.25, -0.2) is 0 Å². The molecule has 1 aromatic carbocycles. The van der Waals surface area contributed by atoms with Crippen LogP contribution in [-0.4, -0.2) is 34.8 Å². The highest BCUT2D eigenvalue weighted by molar-refractivity contribution is 7.85. The van der Waals surface area contributed by atoms with Gasteiger partial charge in [0.1, 0.15) is 0 Å². The van der Waals surface area contributed by atoms with E-state index in [4.69, 9.17) is 0 Å². The topological polar surface area (TPSA) is 32.3 Å². The molecule has 0 aliphatic carbocycles. The van der Waals surface area contributed by atoms with E-state index in [2.05, 4.69) is 34.5 Å². The molecule has 0 saturated carbocycles. The predicted molar refractivity (Wildman–Crippen MR) is 82.4 cm³/mol. The summed E-state index contributed by atoms with van der Waals surface area (Å²) >= 11 is 0. The van der Waals surface area contributed by atoms with Crippen LogP contribution in [0, 0.1) is 0 Å². The van der Waals surface area contributed by atoms with E-state index in [1.807, 2.05) is 0 Å². The van der Waals surface area contributed by atoms with Crippen LogP contribution in [0.5, 0.6) is 0 Å². The van der Waals surface area contributed by atoms with Gasteiger partial charge in [0, 0.05) is 52.8 Å². The summed E-state index contributed by atoms with van der Waals surface area (Å²) in [5.74, 6) is 1.70. The average molecular weight is 278 g/mol. The van der Waals surface area contributed by atoms with E-state index in [1.165, 1.54) is 37.3 Å². The maximum Gasteiger partial charge on any atom is 0.0386 e. The fourth-order valence-corrected chi connectivity index (χ4v) is 4.24. The molecule has 0 radical (unpaired) electrons. The van der Waals surface area contributed by atoms with Crippen LogP contribution in [0.3, 0.4) is 0 Å². The van der Waals surface area contributed by atoms with Crippen LogP contribution in [0.4, 0.5) is 11.4 Å². The van der Waals surface area contributed by atoms with Gasteiger partial charge in [-0.15, -0.1) is 0 Å². The Morgan fingerprint density at radius 2 is 1.89 bits per heavy atom. The molecule has 3 nitrogen and oxygen atoms in total. The molecule has 0 aromatic heterocycles. The fourth-order valence-electron chi connectivity index (χ4n) is 2.94. The van der Waals surface area contributed by atoms with Crippen molar-refractivity contribution in [2.75, 3.05) is 34.8 Å². The Morgan fingerprint density at radius 3 is 2.63 bits per heavy atom. The number of nitrogens with zero attached hydrogens (tertiary/aromatic N) is 1. The van der Waals surface area contributed by atoms with Crippen molar-refractivity contribution in [2.45, 2.75) is 31.7 Å². The first kappa shape index (κ1) is 13.0. The van der Waals surface area contributed by atoms with Crippen molar-refractivity contribution < 1.29 is 4.21 Å². The molecule has 2 aliphatic rings. The van der Waals surface area contributed by atoms with Gasteiger partial charge in [-0.2, -0.15) is 0 Å². The molecule has 0 spiro atoms. The molecule has 1 aromatic rings. The highest BCUT2D eigenvalue weighted by Crippen LogP contribution is 2.24. The highest BCUT2D eigenvalue weighted by Gasteiger charge is 2.18. The highest BCUT2D eigenvalue weighted by atomic mass is 32.2. The van der Waals surface area contributed by atoms with Gasteiger partial charge in [0.2, 0.25) is 0 Å². The lowest BCUT2D eigenvalue weighted by Crippen LogP contribution is -2.29. The maximum absolute atomic E-state index is 11.4. The lowest BCUT2D eigenvalue weighted by Gasteiger charge is -2.25. The van der Waals surface area contributed by atoms with Crippen LogP contribution in [0.15, 0.2) is 24.3 Å². The second-order valence-corrected chi connectivity index (χ2v) is 7.21. The summed E-state index contributed by atoms with van der Waals surface area (Å²) in [4.78, 5) is 2.46. The average Bonchev–Trinajstić information content (AvgIpc) is 2.96. The summed E-state index contributed by atoms with van der Waals surface area (Å²) in [6, 6.07) is 9.23. The van der Waals surface area contributed by atoms with Gasteiger partial charge in [-0.3, -0.25) is 4.21 Å². The Morgan fingerprint density at radius 1 is 1.16 bits per heavy atom. The summed E-state index contributed by atoms with van der Waals surface area (Å²) in [5.41, 5.74) is 2.55. The minimum Gasteiger partial charge on any atom is -0.382 e. The Kier molecular flexibility index (Phi) is 4.06. The van der Waals surface area contributed by atoms with Gasteiger partial charge in [0.05, 0.1) is 0 Å². The standard InChI is InChI=1S/C15H22N2OS/c18-19-10-6-13(7-11-19)16-14-4-3-5-15(12-14)17-8-1-2-9-17/h3-5,12-13,16H,1-2,6-11H2. The predicted octanol–water partition coefficient (Wildman–Crippen LogP) is 2.61. The zero-order valence-corrected chi connectivity index (χ0v) is 12.1. The summed E-state index contributed by atoms with van der Waals surface area (Å²) in [5, 5.41) is 3.60. The Balaban J connectivity index is 1.64. The van der Waals surface area contributed by atoms with E-state index in [0.29, 0.717) is 6.04 Å². The summed E-state index contributed by atoms with van der Waals surface area (Å²) in [6.45, 7) is 2.37. The molecular weight excluding hydrogens is 256 g/mol. The van der Waals surface area contributed by atoms with Crippen molar-refractivity contribution in [1.82, 2.24) is 0 Å². The van der Waals surface area contributed by atoms with Gasteiger partial charge >= 0.3 is 0 Å². The first-order valence-corrected chi connectivity index (χ1v) is 8.76. The molecule has 0 atom stereocenters. The quantitative estimate of drug-likeness (QED) is 0.922. The van der Waals surface area contributed by atoms with E-state index in [-0.39, 0.29) is 0 Å². The van der Waals surface area contributed by atoms with Gasteiger partial charge in [0.25, 0.3) is 0 Å². The number of benzene rings is 1. The van der Waals surface area contributed by atoms with Gasteiger partial charge in [-0.05, 0) is 43.9 Å². The first-order valence-electron chi connectivity index (χ1n) is 7.28. The van der Waals surface area contributed by atoms with Crippen LogP contribution in [0.1, 0.15) is 25.7 Å². The Bertz CT molecular complexity index is 447. The van der Waals surface area contributed by atoms with Crippen LogP contribution in [0.25, 0.3) is 0 Å². The molecule has 19 heavy (non-hydrogen) atoms. The van der Waals surface area contributed by atoms with Gasteiger partial charge in [0.15, 0.2) is 0 Å². The fraction of sp³-hybridized carbons (Fsp3) is 0.600. The summed E-state index contributed by atoms with van der Waals surface area (Å²) < 4.78 is 11.4. The van der Waals surface area contributed by atoms with Crippen molar-refractivity contribution in [2.24, 2.45) is 0 Å². The summed E-state index contributed by atoms with van der Waals surface area (Å²) in [7, 11) is -0.573. The number of hydrogen-bond donors (Lipinski definition) is 1. The molecule has 2 fully saturated rings. The van der Waals surface area contributed by atoms with Crippen LogP contribution in [-0.2, 0) is 10.8 Å².